The normalized spacial score (nSPS) is 10.5. The fourth-order valence-corrected chi connectivity index (χ4v) is 3.84. The van der Waals surface area contributed by atoms with Gasteiger partial charge in [-0.3, -0.25) is 4.79 Å². The van der Waals surface area contributed by atoms with E-state index < -0.39 is 0 Å². The molecule has 0 saturated heterocycles. The highest BCUT2D eigenvalue weighted by atomic mass is 79.9. The number of thioether (sulfide) groups is 1. The van der Waals surface area contributed by atoms with Gasteiger partial charge in [-0.15, -0.1) is 10.2 Å². The molecule has 2 aromatic rings. The highest BCUT2D eigenvalue weighted by Crippen LogP contribution is 2.27. The minimum Gasteiger partial charge on any atom is -0.496 e. The molecule has 1 heterocycles. The standard InChI is InChI=1S/C14H16BrN3O2S2/c1-3-6-21-14-18-17-13(22-14)16-8-11(19)9-4-5-12(20-2)10(15)7-9/h4-5,7H,3,6,8H2,1-2H3,(H,16,17). The van der Waals surface area contributed by atoms with Gasteiger partial charge in [0.15, 0.2) is 10.1 Å². The highest BCUT2D eigenvalue weighted by molar-refractivity contribution is 9.10. The predicted octanol–water partition coefficient (Wildman–Crippen LogP) is 4.11. The number of anilines is 1. The third-order valence-electron chi connectivity index (χ3n) is 2.71. The molecule has 0 aliphatic carbocycles. The molecule has 0 unspecified atom stereocenters. The first-order valence-corrected chi connectivity index (χ1v) is 9.30. The van der Waals surface area contributed by atoms with Crippen molar-refractivity contribution in [1.82, 2.24) is 10.2 Å². The molecule has 1 N–H and O–H groups in total. The lowest BCUT2D eigenvalue weighted by molar-refractivity contribution is 0.101. The number of nitrogens with one attached hydrogen (secondary N) is 1. The van der Waals surface area contributed by atoms with Crippen molar-refractivity contribution in [3.05, 3.63) is 28.2 Å². The van der Waals surface area contributed by atoms with Crippen LogP contribution in [0.3, 0.4) is 0 Å². The summed E-state index contributed by atoms with van der Waals surface area (Å²) in [4.78, 5) is 12.2. The number of hydrogen-bond acceptors (Lipinski definition) is 7. The Morgan fingerprint density at radius 1 is 1.45 bits per heavy atom. The zero-order chi connectivity index (χ0) is 15.9. The van der Waals surface area contributed by atoms with E-state index in [4.69, 9.17) is 4.74 Å². The van der Waals surface area contributed by atoms with Gasteiger partial charge < -0.3 is 10.1 Å². The number of rotatable bonds is 8. The zero-order valence-corrected chi connectivity index (χ0v) is 15.5. The number of carbonyl (C=O) groups is 1. The number of methoxy groups -OCH3 is 1. The monoisotopic (exact) mass is 401 g/mol. The summed E-state index contributed by atoms with van der Waals surface area (Å²) < 4.78 is 6.83. The summed E-state index contributed by atoms with van der Waals surface area (Å²) in [5.41, 5.74) is 0.616. The minimum atomic E-state index is -0.0127. The van der Waals surface area contributed by atoms with Crippen molar-refractivity contribution >= 4 is 49.9 Å². The Morgan fingerprint density at radius 2 is 2.27 bits per heavy atom. The number of Topliss-reactive ketones (excluding diaryl/α,β-unsaturated/α-hetero) is 1. The number of nitrogens with zero attached hydrogens (tertiary/aromatic N) is 2. The molecule has 0 fully saturated rings. The molecule has 0 saturated carbocycles. The molecule has 1 aromatic carbocycles. The van der Waals surface area contributed by atoms with E-state index in [0.29, 0.717) is 16.4 Å². The molecule has 0 aliphatic heterocycles. The lowest BCUT2D eigenvalue weighted by Crippen LogP contribution is -2.13. The maximum atomic E-state index is 12.2. The molecule has 0 bridgehead atoms. The Bertz CT molecular complexity index is 649. The molecule has 1 aromatic heterocycles. The summed E-state index contributed by atoms with van der Waals surface area (Å²) in [7, 11) is 1.59. The number of aromatic nitrogens is 2. The van der Waals surface area contributed by atoms with Crippen molar-refractivity contribution in [3.63, 3.8) is 0 Å². The van der Waals surface area contributed by atoms with Gasteiger partial charge in [0.25, 0.3) is 0 Å². The summed E-state index contributed by atoms with van der Waals surface area (Å²) >= 11 is 6.52. The van der Waals surface area contributed by atoms with Gasteiger partial charge >= 0.3 is 0 Å². The Kier molecular flexibility index (Phi) is 6.66. The first-order valence-electron chi connectivity index (χ1n) is 6.71. The van der Waals surface area contributed by atoms with Crippen LogP contribution >= 0.6 is 39.0 Å². The molecule has 0 amide bonds. The van der Waals surface area contributed by atoms with Gasteiger partial charge in [-0.2, -0.15) is 0 Å². The lowest BCUT2D eigenvalue weighted by Gasteiger charge is -2.06. The molecule has 0 radical (unpaired) electrons. The van der Waals surface area contributed by atoms with Crippen molar-refractivity contribution in [2.75, 3.05) is 24.7 Å². The van der Waals surface area contributed by atoms with Crippen LogP contribution in [0.25, 0.3) is 0 Å². The third-order valence-corrected chi connectivity index (χ3v) is 5.55. The average Bonchev–Trinajstić information content (AvgIpc) is 2.98. The predicted molar refractivity (Wildman–Crippen MR) is 94.4 cm³/mol. The smallest absolute Gasteiger partial charge is 0.206 e. The minimum absolute atomic E-state index is 0.0127. The van der Waals surface area contributed by atoms with Gasteiger partial charge in [0.1, 0.15) is 5.75 Å². The van der Waals surface area contributed by atoms with Crippen LogP contribution in [0.5, 0.6) is 5.75 Å². The van der Waals surface area contributed by atoms with Crippen molar-refractivity contribution < 1.29 is 9.53 Å². The number of carbonyl (C=O) groups excluding carboxylic acids is 1. The van der Waals surface area contributed by atoms with Gasteiger partial charge in [0.05, 0.1) is 18.1 Å². The Balaban J connectivity index is 1.92. The van der Waals surface area contributed by atoms with Crippen molar-refractivity contribution in [2.45, 2.75) is 17.7 Å². The second kappa shape index (κ2) is 8.50. The summed E-state index contributed by atoms with van der Waals surface area (Å²) in [6.07, 6.45) is 1.10. The second-order valence-electron chi connectivity index (χ2n) is 4.35. The van der Waals surface area contributed by atoms with E-state index in [0.717, 1.165) is 21.0 Å². The Labute approximate surface area is 146 Å². The molecule has 0 aliphatic rings. The van der Waals surface area contributed by atoms with Gasteiger partial charge in [0.2, 0.25) is 5.13 Å². The van der Waals surface area contributed by atoms with Crippen molar-refractivity contribution in [2.24, 2.45) is 0 Å². The molecular weight excluding hydrogens is 386 g/mol. The van der Waals surface area contributed by atoms with E-state index in [-0.39, 0.29) is 12.3 Å². The largest absolute Gasteiger partial charge is 0.496 e. The third kappa shape index (κ3) is 4.69. The number of ketones is 1. The number of hydrogen-bond donors (Lipinski definition) is 1. The van der Waals surface area contributed by atoms with E-state index in [9.17, 15) is 4.79 Å². The number of benzene rings is 1. The Morgan fingerprint density at radius 3 is 2.95 bits per heavy atom. The van der Waals surface area contributed by atoms with E-state index >= 15 is 0 Å². The average molecular weight is 402 g/mol. The van der Waals surface area contributed by atoms with Crippen LogP contribution in [0.1, 0.15) is 23.7 Å². The van der Waals surface area contributed by atoms with Gasteiger partial charge in [-0.1, -0.05) is 30.0 Å². The van der Waals surface area contributed by atoms with Crippen LogP contribution < -0.4 is 10.1 Å². The fraction of sp³-hybridized carbons (Fsp3) is 0.357. The SMILES string of the molecule is CCCSc1nnc(NCC(=O)c2ccc(OC)c(Br)c2)s1. The van der Waals surface area contributed by atoms with E-state index in [1.807, 2.05) is 0 Å². The highest BCUT2D eigenvalue weighted by Gasteiger charge is 2.10. The molecule has 118 valence electrons. The quantitative estimate of drug-likeness (QED) is 0.530. The number of ether oxygens (including phenoxy) is 1. The maximum absolute atomic E-state index is 12.2. The first kappa shape index (κ1) is 17.2. The molecule has 0 spiro atoms. The van der Waals surface area contributed by atoms with Crippen molar-refractivity contribution in [3.8, 4) is 5.75 Å². The van der Waals surface area contributed by atoms with E-state index in [2.05, 4.69) is 38.4 Å². The summed E-state index contributed by atoms with van der Waals surface area (Å²) in [6, 6.07) is 5.27. The molecule has 2 rings (SSSR count). The molecule has 22 heavy (non-hydrogen) atoms. The summed E-state index contributed by atoms with van der Waals surface area (Å²) in [5, 5.41) is 11.8. The molecular formula is C14H16BrN3O2S2. The Hall–Kier alpha value is -1.12. The van der Waals surface area contributed by atoms with Crippen LogP contribution in [-0.4, -0.2) is 35.4 Å². The van der Waals surface area contributed by atoms with Crippen LogP contribution in [0.15, 0.2) is 27.0 Å². The zero-order valence-electron chi connectivity index (χ0n) is 12.3. The van der Waals surface area contributed by atoms with Crippen LogP contribution in [0, 0.1) is 0 Å². The molecule has 0 atom stereocenters. The van der Waals surface area contributed by atoms with Gasteiger partial charge in [-0.05, 0) is 40.5 Å². The van der Waals surface area contributed by atoms with Crippen LogP contribution in [-0.2, 0) is 0 Å². The second-order valence-corrected chi connectivity index (χ2v) is 7.52. The van der Waals surface area contributed by atoms with Gasteiger partial charge in [0, 0.05) is 11.3 Å². The van der Waals surface area contributed by atoms with Crippen LogP contribution in [0.2, 0.25) is 0 Å². The topological polar surface area (TPSA) is 64.1 Å². The van der Waals surface area contributed by atoms with E-state index in [1.54, 1.807) is 37.1 Å². The summed E-state index contributed by atoms with van der Waals surface area (Å²) in [5.74, 6) is 1.71. The lowest BCUT2D eigenvalue weighted by atomic mass is 10.1. The first-order chi connectivity index (χ1) is 10.6. The van der Waals surface area contributed by atoms with Gasteiger partial charge in [-0.25, -0.2) is 0 Å². The van der Waals surface area contributed by atoms with Crippen molar-refractivity contribution in [1.29, 1.82) is 0 Å². The summed E-state index contributed by atoms with van der Waals surface area (Å²) in [6.45, 7) is 2.31. The molecule has 8 heteroatoms. The van der Waals surface area contributed by atoms with E-state index in [1.165, 1.54) is 11.3 Å². The fourth-order valence-electron chi connectivity index (χ4n) is 1.63. The maximum Gasteiger partial charge on any atom is 0.206 e. The molecule has 5 nitrogen and oxygen atoms in total. The van der Waals surface area contributed by atoms with Crippen LogP contribution in [0.4, 0.5) is 5.13 Å². The number of halogens is 1.